The van der Waals surface area contributed by atoms with Gasteiger partial charge in [-0.2, -0.15) is 0 Å². The second-order valence-electron chi connectivity index (χ2n) is 11.3. The number of fused-ring (bicyclic) bond motifs is 2. The molecule has 0 unspecified atom stereocenters. The van der Waals surface area contributed by atoms with E-state index in [1.807, 2.05) is 19.1 Å². The van der Waals surface area contributed by atoms with Crippen molar-refractivity contribution < 1.29 is 24.0 Å². The van der Waals surface area contributed by atoms with E-state index in [-0.39, 0.29) is 17.7 Å². The van der Waals surface area contributed by atoms with E-state index in [1.54, 1.807) is 23.5 Å². The minimum absolute atomic E-state index is 0.0117. The Morgan fingerprint density at radius 3 is 2.40 bits per heavy atom. The summed E-state index contributed by atoms with van der Waals surface area (Å²) in [6, 6.07) is 6.21. The van der Waals surface area contributed by atoms with Crippen molar-refractivity contribution in [3.8, 4) is 0 Å². The maximum atomic E-state index is 13.0. The number of carbonyl (C=O) groups excluding carboxylic acids is 1. The number of amides is 1. The maximum Gasteiger partial charge on any atom is 0.224 e. The minimum atomic E-state index is -0.784. The summed E-state index contributed by atoms with van der Waals surface area (Å²) in [6.07, 6.45) is 8.69. The van der Waals surface area contributed by atoms with E-state index in [4.69, 9.17) is 19.2 Å². The van der Waals surface area contributed by atoms with Crippen LogP contribution in [0.3, 0.4) is 0 Å². The first-order valence-corrected chi connectivity index (χ1v) is 15.3. The molecule has 1 saturated carbocycles. The van der Waals surface area contributed by atoms with E-state index in [0.29, 0.717) is 24.7 Å². The maximum absolute atomic E-state index is 13.0. The van der Waals surface area contributed by atoms with Crippen LogP contribution in [0, 0.1) is 23.7 Å². The Labute approximate surface area is 217 Å². The van der Waals surface area contributed by atoms with Crippen molar-refractivity contribution in [3.05, 3.63) is 18.2 Å². The van der Waals surface area contributed by atoms with Crippen molar-refractivity contribution in [2.75, 3.05) is 17.8 Å². The standard InChI is InChI=1S/C27H39NO5S2/c1-16-7-8-22-17(2)25(3,30-24-27(22)21(16)9-12-26(4,31-24)32-33-27)11-10-23(29)28-18-13-19(34-5)15-20(14-18)35-6/h13-17,21-22,24H,7-12H2,1-6H3,(H,28,29)/t16-,17-,21+,22+,24-,25+,26+,27-/m1/s1. The van der Waals surface area contributed by atoms with Crippen LogP contribution in [0.25, 0.3) is 0 Å². The normalized spacial score (nSPS) is 42.3. The SMILES string of the molecule is CSc1cc(NC(=O)CC[C@]2(C)O[C@@H]3O[C@]4(C)CC[C@H]5[C@H](C)CC[C@@H]([C@H]2C)[C@@]35OO4)cc(SC)c1. The Morgan fingerprint density at radius 1 is 1.00 bits per heavy atom. The predicted molar refractivity (Wildman–Crippen MR) is 139 cm³/mol. The zero-order valence-corrected chi connectivity index (χ0v) is 23.4. The Balaban J connectivity index is 1.33. The molecule has 1 spiro atoms. The number of anilines is 1. The zero-order chi connectivity index (χ0) is 25.0. The lowest BCUT2D eigenvalue weighted by atomic mass is 9.55. The first kappa shape index (κ1) is 25.9. The third kappa shape index (κ3) is 4.46. The number of benzene rings is 1. The van der Waals surface area contributed by atoms with Crippen LogP contribution >= 0.6 is 23.5 Å². The van der Waals surface area contributed by atoms with Gasteiger partial charge in [0, 0.05) is 34.2 Å². The van der Waals surface area contributed by atoms with E-state index >= 15 is 0 Å². The molecule has 1 aliphatic carbocycles. The lowest BCUT2D eigenvalue weighted by Crippen LogP contribution is -2.72. The summed E-state index contributed by atoms with van der Waals surface area (Å²) >= 11 is 3.36. The molecule has 194 valence electrons. The molecule has 4 saturated heterocycles. The molecular weight excluding hydrogens is 482 g/mol. The topological polar surface area (TPSA) is 66.0 Å². The molecule has 4 heterocycles. The quantitative estimate of drug-likeness (QED) is 0.339. The first-order chi connectivity index (χ1) is 16.6. The molecule has 5 aliphatic rings. The number of carbonyl (C=O) groups is 1. The molecule has 1 amide bonds. The third-order valence-electron chi connectivity index (χ3n) is 9.20. The summed E-state index contributed by atoms with van der Waals surface area (Å²) in [5, 5.41) is 3.11. The highest BCUT2D eigenvalue weighted by molar-refractivity contribution is 7.99. The van der Waals surface area contributed by atoms with Gasteiger partial charge in [0.15, 0.2) is 11.9 Å². The molecule has 6 nitrogen and oxygen atoms in total. The van der Waals surface area contributed by atoms with Crippen LogP contribution in [0.2, 0.25) is 0 Å². The summed E-state index contributed by atoms with van der Waals surface area (Å²) in [4.78, 5) is 27.5. The second-order valence-corrected chi connectivity index (χ2v) is 13.0. The average Bonchev–Trinajstić information content (AvgIpc) is 3.07. The van der Waals surface area contributed by atoms with Crippen LogP contribution in [0.1, 0.15) is 66.2 Å². The van der Waals surface area contributed by atoms with Crippen molar-refractivity contribution >= 4 is 35.1 Å². The monoisotopic (exact) mass is 521 g/mol. The van der Waals surface area contributed by atoms with E-state index in [9.17, 15) is 4.79 Å². The Morgan fingerprint density at radius 2 is 1.71 bits per heavy atom. The second kappa shape index (κ2) is 9.52. The summed E-state index contributed by atoms with van der Waals surface area (Å²) in [5.74, 6) is 0.585. The smallest absolute Gasteiger partial charge is 0.224 e. The molecular formula is C27H39NO5S2. The van der Waals surface area contributed by atoms with Crippen molar-refractivity contribution in [2.24, 2.45) is 23.7 Å². The molecule has 4 aliphatic heterocycles. The highest BCUT2D eigenvalue weighted by Crippen LogP contribution is 2.62. The molecule has 0 aromatic heterocycles. The Hall–Kier alpha value is -0.770. The van der Waals surface area contributed by atoms with Crippen LogP contribution in [0.15, 0.2) is 28.0 Å². The van der Waals surface area contributed by atoms with Gasteiger partial charge in [0.2, 0.25) is 11.7 Å². The van der Waals surface area contributed by atoms with Crippen LogP contribution in [-0.4, -0.2) is 41.7 Å². The average molecular weight is 522 g/mol. The van der Waals surface area contributed by atoms with E-state index in [0.717, 1.165) is 34.7 Å². The van der Waals surface area contributed by atoms with Crippen molar-refractivity contribution in [2.45, 2.75) is 99.3 Å². The number of thioether (sulfide) groups is 2. The number of rotatable bonds is 6. The van der Waals surface area contributed by atoms with Crippen LogP contribution in [-0.2, 0) is 24.0 Å². The minimum Gasteiger partial charge on any atom is -0.343 e. The number of hydrogen-bond donors (Lipinski definition) is 1. The van der Waals surface area contributed by atoms with Gasteiger partial charge in [-0.25, -0.2) is 9.78 Å². The highest BCUT2D eigenvalue weighted by atomic mass is 32.2. The first-order valence-electron chi connectivity index (χ1n) is 12.9. The summed E-state index contributed by atoms with van der Waals surface area (Å²) in [5.41, 5.74) is -0.208. The number of ether oxygens (including phenoxy) is 2. The van der Waals surface area contributed by atoms with Gasteiger partial charge in [0.05, 0.1) is 5.60 Å². The fraction of sp³-hybridized carbons (Fsp3) is 0.741. The molecule has 0 radical (unpaired) electrons. The molecule has 5 fully saturated rings. The van der Waals surface area contributed by atoms with Gasteiger partial charge in [0.25, 0.3) is 0 Å². The number of nitrogens with one attached hydrogen (secondary N) is 1. The fourth-order valence-corrected chi connectivity index (χ4v) is 7.97. The molecule has 1 aromatic rings. The van der Waals surface area contributed by atoms with E-state index < -0.39 is 23.3 Å². The van der Waals surface area contributed by atoms with Gasteiger partial charge in [-0.15, -0.1) is 23.5 Å². The molecule has 2 bridgehead atoms. The van der Waals surface area contributed by atoms with Crippen LogP contribution in [0.4, 0.5) is 5.69 Å². The molecule has 1 N–H and O–H groups in total. The third-order valence-corrected chi connectivity index (χ3v) is 10.6. The van der Waals surface area contributed by atoms with Gasteiger partial charge >= 0.3 is 0 Å². The summed E-state index contributed by atoms with van der Waals surface area (Å²) in [6.45, 7) is 8.69. The van der Waals surface area contributed by atoms with Gasteiger partial charge in [-0.1, -0.05) is 13.8 Å². The summed E-state index contributed by atoms with van der Waals surface area (Å²) < 4.78 is 13.3. The molecule has 6 rings (SSSR count). The van der Waals surface area contributed by atoms with Gasteiger partial charge in [-0.3, -0.25) is 4.79 Å². The predicted octanol–water partition coefficient (Wildman–Crippen LogP) is 6.49. The van der Waals surface area contributed by atoms with Crippen molar-refractivity contribution in [3.63, 3.8) is 0 Å². The van der Waals surface area contributed by atoms with E-state index in [1.165, 1.54) is 6.42 Å². The fourth-order valence-electron chi connectivity index (χ4n) is 6.91. The van der Waals surface area contributed by atoms with E-state index in [2.05, 4.69) is 44.7 Å². The highest BCUT2D eigenvalue weighted by Gasteiger charge is 2.70. The van der Waals surface area contributed by atoms with Gasteiger partial charge in [-0.05, 0) is 88.0 Å². The molecule has 35 heavy (non-hydrogen) atoms. The van der Waals surface area contributed by atoms with Crippen molar-refractivity contribution in [1.29, 1.82) is 0 Å². The number of hydrogen-bond acceptors (Lipinski definition) is 7. The molecule has 8 atom stereocenters. The van der Waals surface area contributed by atoms with Gasteiger partial charge < -0.3 is 14.8 Å². The Bertz CT molecular complexity index is 955. The lowest BCUT2D eigenvalue weighted by molar-refractivity contribution is -0.576. The zero-order valence-electron chi connectivity index (χ0n) is 21.7. The Kier molecular flexibility index (Phi) is 7.03. The molecule has 8 heteroatoms. The van der Waals surface area contributed by atoms with Gasteiger partial charge in [0.1, 0.15) is 0 Å². The largest absolute Gasteiger partial charge is 0.343 e. The van der Waals surface area contributed by atoms with Crippen molar-refractivity contribution in [1.82, 2.24) is 0 Å². The van der Waals surface area contributed by atoms with Crippen LogP contribution in [0.5, 0.6) is 0 Å². The summed E-state index contributed by atoms with van der Waals surface area (Å²) in [7, 11) is 0. The lowest BCUT2D eigenvalue weighted by Gasteiger charge is -2.63. The molecule has 1 aromatic carbocycles. The van der Waals surface area contributed by atoms with Crippen LogP contribution < -0.4 is 5.32 Å².